The van der Waals surface area contributed by atoms with Crippen LogP contribution in [0.3, 0.4) is 0 Å². The second-order valence-electron chi connectivity index (χ2n) is 7.53. The van der Waals surface area contributed by atoms with Crippen molar-refractivity contribution in [3.63, 3.8) is 0 Å². The molecule has 0 spiro atoms. The van der Waals surface area contributed by atoms with Gasteiger partial charge >= 0.3 is 0 Å². The lowest BCUT2D eigenvalue weighted by atomic mass is 10.0. The van der Waals surface area contributed by atoms with E-state index in [1.54, 1.807) is 26.1 Å². The first-order valence-corrected chi connectivity index (χ1v) is 11.7. The number of nitrogens with zero attached hydrogens (tertiary/aromatic N) is 3. The summed E-state index contributed by atoms with van der Waals surface area (Å²) in [5.41, 5.74) is 7.58. The van der Waals surface area contributed by atoms with E-state index in [0.717, 1.165) is 22.5 Å². The lowest BCUT2D eigenvalue weighted by molar-refractivity contribution is -0.116. The minimum absolute atomic E-state index is 0.142. The minimum atomic E-state index is -0.230. The Labute approximate surface area is 202 Å². The number of rotatable bonds is 10. The van der Waals surface area contributed by atoms with Crippen LogP contribution in [-0.4, -0.2) is 44.7 Å². The fourth-order valence-electron chi connectivity index (χ4n) is 3.52. The van der Waals surface area contributed by atoms with Crippen LogP contribution >= 0.6 is 11.8 Å². The Kier molecular flexibility index (Phi) is 8.61. The lowest BCUT2D eigenvalue weighted by Gasteiger charge is -2.22. The van der Waals surface area contributed by atoms with Gasteiger partial charge in [0, 0.05) is 35.4 Å². The van der Waals surface area contributed by atoms with Gasteiger partial charge in [-0.3, -0.25) is 9.59 Å². The molecule has 1 amide bonds. The number of hydrogen-bond acceptors (Lipinski definition) is 8. The maximum Gasteiger partial charge on any atom is 0.228 e. The second kappa shape index (κ2) is 11.6. The van der Waals surface area contributed by atoms with Crippen molar-refractivity contribution in [3.05, 3.63) is 70.1 Å². The molecule has 2 aromatic carbocycles. The van der Waals surface area contributed by atoms with Gasteiger partial charge in [0.25, 0.3) is 0 Å². The van der Waals surface area contributed by atoms with Gasteiger partial charge in [0.15, 0.2) is 0 Å². The van der Waals surface area contributed by atoms with E-state index >= 15 is 0 Å². The zero-order valence-corrected chi connectivity index (χ0v) is 20.3. The van der Waals surface area contributed by atoms with Crippen molar-refractivity contribution in [3.8, 4) is 5.75 Å². The standard InChI is InChI=1S/C25H28N4O4S/c1-4-33-21-10-9-18-7-5-6-8-20(18)23(21)25(32)34-22(11-12-30)16(2)29(15-31)14-19-13-27-17(3)28-24(19)26/h5-10,13,15,30H,4,11-12,14H2,1-3H3,(H2,26,27,28). The van der Waals surface area contributed by atoms with Crippen molar-refractivity contribution in [1.82, 2.24) is 14.9 Å². The number of aryl methyl sites for hydroxylation is 1. The Bertz CT molecular complexity index is 1230. The Morgan fingerprint density at radius 2 is 2.03 bits per heavy atom. The molecule has 0 aliphatic rings. The Hall–Kier alpha value is -3.43. The number of carbonyl (C=O) groups excluding carboxylic acids is 2. The van der Waals surface area contributed by atoms with Crippen LogP contribution in [0.15, 0.2) is 53.2 Å². The number of benzene rings is 2. The van der Waals surface area contributed by atoms with E-state index < -0.39 is 0 Å². The van der Waals surface area contributed by atoms with Gasteiger partial charge in [0.2, 0.25) is 11.5 Å². The Balaban J connectivity index is 1.98. The summed E-state index contributed by atoms with van der Waals surface area (Å²) in [6.45, 7) is 5.71. The maximum atomic E-state index is 13.5. The number of anilines is 1. The highest BCUT2D eigenvalue weighted by Crippen LogP contribution is 2.36. The number of aliphatic hydroxyl groups is 1. The zero-order chi connectivity index (χ0) is 24.7. The molecule has 0 fully saturated rings. The maximum absolute atomic E-state index is 13.5. The average Bonchev–Trinajstić information content (AvgIpc) is 2.83. The molecule has 0 unspecified atom stereocenters. The highest BCUT2D eigenvalue weighted by molar-refractivity contribution is 8.17. The lowest BCUT2D eigenvalue weighted by Crippen LogP contribution is -2.22. The van der Waals surface area contributed by atoms with Crippen molar-refractivity contribution in [1.29, 1.82) is 0 Å². The predicted octanol–water partition coefficient (Wildman–Crippen LogP) is 4.07. The van der Waals surface area contributed by atoms with Crippen LogP contribution in [0.1, 0.15) is 42.0 Å². The van der Waals surface area contributed by atoms with Crippen molar-refractivity contribution < 1.29 is 19.4 Å². The van der Waals surface area contributed by atoms with Crippen LogP contribution in [0.5, 0.6) is 5.75 Å². The minimum Gasteiger partial charge on any atom is -0.493 e. The monoisotopic (exact) mass is 480 g/mol. The summed E-state index contributed by atoms with van der Waals surface area (Å²) in [4.78, 5) is 35.8. The van der Waals surface area contributed by atoms with Gasteiger partial charge in [-0.25, -0.2) is 9.97 Å². The number of thioether (sulfide) groups is 1. The fraction of sp³-hybridized carbons (Fsp3) is 0.280. The average molecular weight is 481 g/mol. The van der Waals surface area contributed by atoms with E-state index in [1.807, 2.05) is 37.3 Å². The normalized spacial score (nSPS) is 11.8. The van der Waals surface area contributed by atoms with Crippen LogP contribution in [0, 0.1) is 6.92 Å². The largest absolute Gasteiger partial charge is 0.493 e. The molecule has 0 aliphatic carbocycles. The first-order chi connectivity index (χ1) is 16.4. The molecule has 0 saturated heterocycles. The molecule has 3 aromatic rings. The number of allylic oxidation sites excluding steroid dienone is 1. The molecule has 0 radical (unpaired) electrons. The van der Waals surface area contributed by atoms with Gasteiger partial charge in [-0.15, -0.1) is 0 Å². The molecule has 1 aromatic heterocycles. The number of nitrogen functional groups attached to an aromatic ring is 1. The van der Waals surface area contributed by atoms with Gasteiger partial charge in [0.05, 0.1) is 18.7 Å². The Morgan fingerprint density at radius 1 is 1.26 bits per heavy atom. The molecule has 34 heavy (non-hydrogen) atoms. The number of amides is 1. The number of aliphatic hydroxyl groups excluding tert-OH is 1. The number of nitrogens with two attached hydrogens (primary N) is 1. The number of fused-ring (bicyclic) bond motifs is 1. The fourth-order valence-corrected chi connectivity index (χ4v) is 4.52. The molecule has 9 heteroatoms. The van der Waals surface area contributed by atoms with E-state index in [0.29, 0.717) is 46.3 Å². The molecule has 0 bridgehead atoms. The summed E-state index contributed by atoms with van der Waals surface area (Å²) in [7, 11) is 0. The first-order valence-electron chi connectivity index (χ1n) is 10.9. The highest BCUT2D eigenvalue weighted by atomic mass is 32.2. The van der Waals surface area contributed by atoms with Gasteiger partial charge in [0.1, 0.15) is 17.4 Å². The number of hydrogen-bond donors (Lipinski definition) is 2. The SMILES string of the molecule is CCOc1ccc2ccccc2c1C(=O)SC(CCO)=C(C)N(C=O)Cc1cnc(C)nc1N. The van der Waals surface area contributed by atoms with E-state index in [9.17, 15) is 14.7 Å². The smallest absolute Gasteiger partial charge is 0.228 e. The third-order valence-electron chi connectivity index (χ3n) is 5.27. The van der Waals surface area contributed by atoms with Gasteiger partial charge < -0.3 is 20.5 Å². The summed E-state index contributed by atoms with van der Waals surface area (Å²) < 4.78 is 5.74. The summed E-state index contributed by atoms with van der Waals surface area (Å²) >= 11 is 0.984. The van der Waals surface area contributed by atoms with Gasteiger partial charge in [-0.1, -0.05) is 30.3 Å². The third-order valence-corrected chi connectivity index (χ3v) is 6.41. The summed E-state index contributed by atoms with van der Waals surface area (Å²) in [5.74, 6) is 1.32. The number of carbonyl (C=O) groups is 2. The topological polar surface area (TPSA) is 119 Å². The molecule has 0 saturated carbocycles. The Morgan fingerprint density at radius 3 is 2.71 bits per heavy atom. The van der Waals surface area contributed by atoms with Gasteiger partial charge in [-0.2, -0.15) is 0 Å². The highest BCUT2D eigenvalue weighted by Gasteiger charge is 2.21. The van der Waals surface area contributed by atoms with E-state index in [1.165, 1.54) is 4.90 Å². The van der Waals surface area contributed by atoms with E-state index in [4.69, 9.17) is 10.5 Å². The van der Waals surface area contributed by atoms with Gasteiger partial charge in [-0.05, 0) is 49.4 Å². The second-order valence-corrected chi connectivity index (χ2v) is 8.59. The van der Waals surface area contributed by atoms with Crippen LogP contribution in [0.4, 0.5) is 5.82 Å². The molecule has 0 atom stereocenters. The predicted molar refractivity (Wildman–Crippen MR) is 134 cm³/mol. The first kappa shape index (κ1) is 25.2. The van der Waals surface area contributed by atoms with Crippen molar-refractivity contribution >= 4 is 39.9 Å². The molecule has 178 valence electrons. The number of aromatic nitrogens is 2. The van der Waals surface area contributed by atoms with Crippen molar-refractivity contribution in [2.45, 2.75) is 33.7 Å². The molecule has 3 N–H and O–H groups in total. The molecular weight excluding hydrogens is 452 g/mol. The van der Waals surface area contributed by atoms with Crippen molar-refractivity contribution in [2.24, 2.45) is 0 Å². The third kappa shape index (κ3) is 5.73. The van der Waals surface area contributed by atoms with E-state index in [2.05, 4.69) is 9.97 Å². The van der Waals surface area contributed by atoms with Crippen molar-refractivity contribution in [2.75, 3.05) is 18.9 Å². The van der Waals surface area contributed by atoms with Crippen LogP contribution < -0.4 is 10.5 Å². The summed E-state index contributed by atoms with van der Waals surface area (Å²) in [6.07, 6.45) is 2.46. The summed E-state index contributed by atoms with van der Waals surface area (Å²) in [5, 5.41) is 11.1. The molecule has 8 nitrogen and oxygen atoms in total. The number of ether oxygens (including phenoxy) is 1. The molecular formula is C25H28N4O4S. The summed E-state index contributed by atoms with van der Waals surface area (Å²) in [6, 6.07) is 11.3. The zero-order valence-electron chi connectivity index (χ0n) is 19.4. The molecule has 0 aliphatic heterocycles. The van der Waals surface area contributed by atoms with E-state index in [-0.39, 0.29) is 30.5 Å². The quantitative estimate of drug-likeness (QED) is 0.417. The molecule has 1 heterocycles. The van der Waals surface area contributed by atoms with Crippen LogP contribution in [0.2, 0.25) is 0 Å². The molecule has 3 rings (SSSR count). The van der Waals surface area contributed by atoms with Crippen LogP contribution in [0.25, 0.3) is 10.8 Å². The van der Waals surface area contributed by atoms with Crippen LogP contribution in [-0.2, 0) is 11.3 Å².